The number of benzene rings is 1. The van der Waals surface area contributed by atoms with Crippen LogP contribution >= 0.6 is 0 Å². The summed E-state index contributed by atoms with van der Waals surface area (Å²) in [6.07, 6.45) is 22.0. The smallest absolute Gasteiger partial charge is 0.226 e. The molecule has 4 fully saturated rings. The predicted molar refractivity (Wildman–Crippen MR) is 149 cm³/mol. The largest absolute Gasteiger partial charge is 0.355 e. The molecular formula is C32H49N3O. The van der Waals surface area contributed by atoms with E-state index in [2.05, 4.69) is 41.1 Å². The van der Waals surface area contributed by atoms with Crippen LogP contribution in [0.3, 0.4) is 0 Å². The van der Waals surface area contributed by atoms with E-state index in [4.69, 9.17) is 4.98 Å². The molecule has 0 saturated heterocycles. The van der Waals surface area contributed by atoms with Gasteiger partial charge < -0.3 is 9.88 Å². The van der Waals surface area contributed by atoms with Crippen molar-refractivity contribution >= 4 is 16.9 Å². The minimum Gasteiger partial charge on any atom is -0.355 e. The lowest BCUT2D eigenvalue weighted by Gasteiger charge is -2.55. The van der Waals surface area contributed by atoms with Gasteiger partial charge >= 0.3 is 0 Å². The Morgan fingerprint density at radius 3 is 2.11 bits per heavy atom. The van der Waals surface area contributed by atoms with Gasteiger partial charge in [0.2, 0.25) is 5.91 Å². The summed E-state index contributed by atoms with van der Waals surface area (Å²) < 4.78 is 2.43. The molecule has 6 rings (SSSR count). The van der Waals surface area contributed by atoms with Gasteiger partial charge in [-0.15, -0.1) is 0 Å². The van der Waals surface area contributed by atoms with E-state index < -0.39 is 0 Å². The average Bonchev–Trinajstić information content (AvgIpc) is 3.21. The Labute approximate surface area is 219 Å². The van der Waals surface area contributed by atoms with E-state index in [1.165, 1.54) is 89.0 Å². The number of nitrogens with zero attached hydrogens (tertiary/aromatic N) is 2. The number of nitrogens with one attached hydrogen (secondary N) is 1. The fourth-order valence-corrected chi connectivity index (χ4v) is 8.19. The number of carbonyl (C=O) groups excluding carboxylic acids is 1. The lowest BCUT2D eigenvalue weighted by Crippen LogP contribution is -2.53. The van der Waals surface area contributed by atoms with Gasteiger partial charge in [-0.2, -0.15) is 0 Å². The quantitative estimate of drug-likeness (QED) is 0.258. The number of amides is 1. The summed E-state index contributed by atoms with van der Waals surface area (Å²) in [7, 11) is 0. The summed E-state index contributed by atoms with van der Waals surface area (Å²) in [6.45, 7) is 4.03. The standard InChI is InChI=1S/C32H49N3O/c1-2-3-4-5-6-7-8-9-10-13-18-35-29-15-12-11-14-28(29)34-30(35)16-17-33-31(36)32-22-25-19-26(23-32)21-27(20-25)24-32/h11-12,14-15,25-27H,2-10,13,16-24H2,1H3,(H,33,36). The van der Waals surface area contributed by atoms with Crippen molar-refractivity contribution in [3.05, 3.63) is 30.1 Å². The number of rotatable bonds is 15. The zero-order valence-electron chi connectivity index (χ0n) is 22.8. The zero-order valence-corrected chi connectivity index (χ0v) is 22.8. The molecule has 4 nitrogen and oxygen atoms in total. The maximum Gasteiger partial charge on any atom is 0.226 e. The van der Waals surface area contributed by atoms with Crippen LogP contribution in [0.15, 0.2) is 24.3 Å². The molecule has 4 aliphatic rings. The molecule has 1 aromatic carbocycles. The highest BCUT2D eigenvalue weighted by Crippen LogP contribution is 2.60. The number of carbonyl (C=O) groups is 1. The molecule has 0 unspecified atom stereocenters. The first-order valence-corrected chi connectivity index (χ1v) is 15.4. The third-order valence-electron chi connectivity index (χ3n) is 9.62. The molecule has 0 radical (unpaired) electrons. The monoisotopic (exact) mass is 491 g/mol. The Bertz CT molecular complexity index is 957. The maximum atomic E-state index is 13.4. The lowest BCUT2D eigenvalue weighted by atomic mass is 9.49. The summed E-state index contributed by atoms with van der Waals surface area (Å²) in [4.78, 5) is 18.4. The summed E-state index contributed by atoms with van der Waals surface area (Å²) in [5, 5.41) is 3.38. The van der Waals surface area contributed by atoms with Gasteiger partial charge in [0.05, 0.1) is 11.0 Å². The van der Waals surface area contributed by atoms with Crippen molar-refractivity contribution in [1.29, 1.82) is 0 Å². The number of aryl methyl sites for hydroxylation is 1. The van der Waals surface area contributed by atoms with Crippen LogP contribution in [0, 0.1) is 23.2 Å². The Kier molecular flexibility index (Phi) is 8.70. The van der Waals surface area contributed by atoms with Crippen molar-refractivity contribution in [2.24, 2.45) is 23.2 Å². The molecule has 198 valence electrons. The molecule has 1 amide bonds. The Balaban J connectivity index is 1.09. The van der Waals surface area contributed by atoms with Gasteiger partial charge in [0.1, 0.15) is 5.82 Å². The van der Waals surface area contributed by atoms with E-state index in [-0.39, 0.29) is 5.41 Å². The third-order valence-corrected chi connectivity index (χ3v) is 9.62. The van der Waals surface area contributed by atoms with Gasteiger partial charge in [0.15, 0.2) is 0 Å². The molecule has 0 spiro atoms. The second kappa shape index (κ2) is 12.1. The Morgan fingerprint density at radius 2 is 1.47 bits per heavy atom. The number of unbranched alkanes of at least 4 members (excludes halogenated alkanes) is 9. The van der Waals surface area contributed by atoms with Crippen molar-refractivity contribution in [1.82, 2.24) is 14.9 Å². The van der Waals surface area contributed by atoms with Crippen LogP contribution in [0.25, 0.3) is 11.0 Å². The minimum absolute atomic E-state index is 0.0507. The van der Waals surface area contributed by atoms with Gasteiger partial charge in [-0.1, -0.05) is 76.8 Å². The van der Waals surface area contributed by atoms with Crippen LogP contribution in [0.4, 0.5) is 0 Å². The first-order chi connectivity index (χ1) is 17.7. The van der Waals surface area contributed by atoms with Crippen LogP contribution < -0.4 is 5.32 Å². The highest BCUT2D eigenvalue weighted by atomic mass is 16.2. The number of imidazole rings is 1. The van der Waals surface area contributed by atoms with Gasteiger partial charge in [0, 0.05) is 24.9 Å². The van der Waals surface area contributed by atoms with Gasteiger partial charge in [-0.3, -0.25) is 4.79 Å². The van der Waals surface area contributed by atoms with E-state index in [0.717, 1.165) is 61.3 Å². The normalized spacial score (nSPS) is 26.6. The Hall–Kier alpha value is -1.84. The summed E-state index contributed by atoms with van der Waals surface area (Å²) >= 11 is 0. The van der Waals surface area contributed by atoms with Gasteiger partial charge in [0.25, 0.3) is 0 Å². The second-order valence-corrected chi connectivity index (χ2v) is 12.6. The van der Waals surface area contributed by atoms with Crippen molar-refractivity contribution < 1.29 is 4.79 Å². The van der Waals surface area contributed by atoms with E-state index in [1.54, 1.807) is 0 Å². The highest BCUT2D eigenvalue weighted by Gasteiger charge is 2.54. The highest BCUT2D eigenvalue weighted by molar-refractivity contribution is 5.83. The first-order valence-electron chi connectivity index (χ1n) is 15.4. The lowest BCUT2D eigenvalue weighted by molar-refractivity contribution is -0.146. The molecule has 2 aromatic rings. The topological polar surface area (TPSA) is 46.9 Å². The fraction of sp³-hybridized carbons (Fsp3) is 0.750. The predicted octanol–water partition coefficient (Wildman–Crippen LogP) is 7.83. The molecular weight excluding hydrogens is 442 g/mol. The van der Waals surface area contributed by atoms with Crippen molar-refractivity contribution in [2.75, 3.05) is 6.54 Å². The number of fused-ring (bicyclic) bond motifs is 1. The molecule has 0 aliphatic heterocycles. The number of hydrogen-bond donors (Lipinski definition) is 1. The van der Waals surface area contributed by atoms with Gasteiger partial charge in [-0.25, -0.2) is 4.98 Å². The molecule has 1 N–H and O–H groups in total. The van der Waals surface area contributed by atoms with Gasteiger partial charge in [-0.05, 0) is 74.8 Å². The summed E-state index contributed by atoms with van der Waals surface area (Å²) in [5.74, 6) is 3.92. The minimum atomic E-state index is -0.0507. The third kappa shape index (κ3) is 6.00. The molecule has 4 aliphatic carbocycles. The van der Waals surface area contributed by atoms with Crippen molar-refractivity contribution in [3.63, 3.8) is 0 Å². The second-order valence-electron chi connectivity index (χ2n) is 12.6. The zero-order chi connectivity index (χ0) is 24.8. The van der Waals surface area contributed by atoms with Crippen molar-refractivity contribution in [3.8, 4) is 0 Å². The van der Waals surface area contributed by atoms with Crippen LogP contribution in [0.2, 0.25) is 0 Å². The summed E-state index contributed by atoms with van der Waals surface area (Å²) in [6, 6.07) is 8.54. The number of aromatic nitrogens is 2. The summed E-state index contributed by atoms with van der Waals surface area (Å²) in [5.41, 5.74) is 2.29. The van der Waals surface area contributed by atoms with E-state index in [9.17, 15) is 4.79 Å². The van der Waals surface area contributed by atoms with Crippen LogP contribution in [-0.2, 0) is 17.8 Å². The average molecular weight is 492 g/mol. The molecule has 4 heteroatoms. The van der Waals surface area contributed by atoms with Crippen LogP contribution in [0.1, 0.15) is 115 Å². The van der Waals surface area contributed by atoms with E-state index in [0.29, 0.717) is 12.5 Å². The molecule has 0 atom stereocenters. The number of hydrogen-bond acceptors (Lipinski definition) is 2. The SMILES string of the molecule is CCCCCCCCCCCCn1c(CCNC(=O)C23CC4CC(CC(C4)C2)C3)nc2ccccc21. The molecule has 1 aromatic heterocycles. The number of para-hydroxylation sites is 2. The fourth-order valence-electron chi connectivity index (χ4n) is 8.19. The maximum absolute atomic E-state index is 13.4. The van der Waals surface area contributed by atoms with E-state index >= 15 is 0 Å². The Morgan fingerprint density at radius 1 is 0.889 bits per heavy atom. The van der Waals surface area contributed by atoms with Crippen LogP contribution in [0.5, 0.6) is 0 Å². The van der Waals surface area contributed by atoms with Crippen LogP contribution in [-0.4, -0.2) is 22.0 Å². The first kappa shape index (κ1) is 25.8. The van der Waals surface area contributed by atoms with Crippen molar-refractivity contribution in [2.45, 2.75) is 123 Å². The van der Waals surface area contributed by atoms with E-state index in [1.807, 2.05) is 0 Å². The molecule has 4 saturated carbocycles. The molecule has 36 heavy (non-hydrogen) atoms. The molecule has 1 heterocycles. The molecule has 4 bridgehead atoms.